The van der Waals surface area contributed by atoms with E-state index in [1.165, 1.54) is 11.8 Å². The average molecular weight is 385 g/mol. The van der Waals surface area contributed by atoms with Crippen LogP contribution in [0.4, 0.5) is 0 Å². The molecule has 5 nitrogen and oxygen atoms in total. The maximum Gasteiger partial charge on any atom is 0.249 e. The number of hydrogen-bond acceptors (Lipinski definition) is 5. The number of thioether (sulfide) groups is 1. The lowest BCUT2D eigenvalue weighted by Crippen LogP contribution is -2.37. The van der Waals surface area contributed by atoms with Gasteiger partial charge in [0.1, 0.15) is 12.7 Å². The Balaban J connectivity index is 1.77. The third kappa shape index (κ3) is 6.89. The van der Waals surface area contributed by atoms with Gasteiger partial charge in [-0.1, -0.05) is 30.2 Å². The first kappa shape index (κ1) is 20.7. The number of amides is 1. The summed E-state index contributed by atoms with van der Waals surface area (Å²) in [6.45, 7) is 0.588. The van der Waals surface area contributed by atoms with E-state index in [2.05, 4.69) is 11.2 Å². The predicted octanol–water partition coefficient (Wildman–Crippen LogP) is 2.52. The van der Waals surface area contributed by atoms with Crippen molar-refractivity contribution in [3.63, 3.8) is 0 Å². The second-order valence-electron chi connectivity index (χ2n) is 5.66. The number of benzene rings is 2. The van der Waals surface area contributed by atoms with E-state index in [-0.39, 0.29) is 12.5 Å². The Morgan fingerprint density at radius 2 is 2.04 bits per heavy atom. The van der Waals surface area contributed by atoms with Crippen LogP contribution < -0.4 is 14.8 Å². The lowest BCUT2D eigenvalue weighted by molar-refractivity contribution is -0.128. The standard InChI is InChI=1S/C21H23NO4S/c1-3-13-26-19-10-9-16(14-20(19)25-2)11-12-22-21(24)18(23)15-27-17-7-5-4-6-8-17/h1,4-10,14,18,23H,11-13,15H2,2H3,(H,22,24)/t18-/m1/s1. The molecule has 2 aromatic carbocycles. The number of ether oxygens (including phenoxy) is 2. The molecule has 0 spiro atoms. The Bertz CT molecular complexity index is 773. The molecule has 0 heterocycles. The molecule has 6 heteroatoms. The van der Waals surface area contributed by atoms with Crippen molar-refractivity contribution in [1.82, 2.24) is 5.32 Å². The SMILES string of the molecule is C#CCOc1ccc(CCNC(=O)[C@H](O)CSc2ccccc2)cc1OC. The van der Waals surface area contributed by atoms with Crippen LogP contribution in [0.5, 0.6) is 11.5 Å². The first-order valence-electron chi connectivity index (χ1n) is 8.51. The highest BCUT2D eigenvalue weighted by Gasteiger charge is 2.15. The number of methoxy groups -OCH3 is 1. The molecule has 0 saturated heterocycles. The zero-order valence-corrected chi connectivity index (χ0v) is 16.0. The number of hydrogen-bond donors (Lipinski definition) is 2. The van der Waals surface area contributed by atoms with Crippen LogP contribution in [-0.2, 0) is 11.2 Å². The molecule has 1 amide bonds. The zero-order valence-electron chi connectivity index (χ0n) is 15.2. The smallest absolute Gasteiger partial charge is 0.249 e. The summed E-state index contributed by atoms with van der Waals surface area (Å²) in [6.07, 6.45) is 4.75. The molecular formula is C21H23NO4S. The van der Waals surface area contributed by atoms with E-state index in [1.807, 2.05) is 42.5 Å². The quantitative estimate of drug-likeness (QED) is 0.486. The minimum absolute atomic E-state index is 0.171. The Morgan fingerprint density at radius 1 is 1.26 bits per heavy atom. The summed E-state index contributed by atoms with van der Waals surface area (Å²) in [7, 11) is 1.56. The Hall–Kier alpha value is -2.62. The Kier molecular flexibility index (Phi) is 8.56. The Labute approximate surface area is 164 Å². The minimum Gasteiger partial charge on any atom is -0.493 e. The molecule has 2 rings (SSSR count). The molecule has 2 aromatic rings. The maximum atomic E-state index is 12.0. The monoisotopic (exact) mass is 385 g/mol. The first-order chi connectivity index (χ1) is 13.1. The normalized spacial score (nSPS) is 11.3. The molecule has 0 aliphatic rings. The van der Waals surface area contributed by atoms with Crippen LogP contribution in [0.1, 0.15) is 5.56 Å². The summed E-state index contributed by atoms with van der Waals surface area (Å²) in [5.74, 6) is 3.52. The summed E-state index contributed by atoms with van der Waals surface area (Å²) in [6, 6.07) is 15.2. The van der Waals surface area contributed by atoms with Gasteiger partial charge in [0.05, 0.1) is 7.11 Å². The van der Waals surface area contributed by atoms with Gasteiger partial charge >= 0.3 is 0 Å². The molecular weight excluding hydrogens is 362 g/mol. The summed E-state index contributed by atoms with van der Waals surface area (Å²) in [5.41, 5.74) is 0.980. The van der Waals surface area contributed by atoms with Crippen molar-refractivity contribution in [1.29, 1.82) is 0 Å². The molecule has 2 N–H and O–H groups in total. The first-order valence-corrected chi connectivity index (χ1v) is 9.49. The van der Waals surface area contributed by atoms with Crippen molar-refractivity contribution in [2.45, 2.75) is 17.4 Å². The van der Waals surface area contributed by atoms with Gasteiger partial charge in [0.15, 0.2) is 11.5 Å². The van der Waals surface area contributed by atoms with E-state index in [4.69, 9.17) is 15.9 Å². The third-order valence-electron chi connectivity index (χ3n) is 3.71. The summed E-state index contributed by atoms with van der Waals surface area (Å²) in [4.78, 5) is 13.0. The number of nitrogens with one attached hydrogen (secondary N) is 1. The molecule has 1 atom stereocenters. The van der Waals surface area contributed by atoms with Crippen molar-refractivity contribution >= 4 is 17.7 Å². The summed E-state index contributed by atoms with van der Waals surface area (Å²) < 4.78 is 10.7. The lowest BCUT2D eigenvalue weighted by atomic mass is 10.1. The number of terminal acetylenes is 1. The van der Waals surface area contributed by atoms with Crippen molar-refractivity contribution in [2.24, 2.45) is 0 Å². The molecule has 0 aromatic heterocycles. The number of aliphatic hydroxyl groups excluding tert-OH is 1. The van der Waals surface area contributed by atoms with Crippen LogP contribution in [0.15, 0.2) is 53.4 Å². The highest BCUT2D eigenvalue weighted by molar-refractivity contribution is 7.99. The van der Waals surface area contributed by atoms with Gasteiger partial charge < -0.3 is 19.9 Å². The number of carbonyl (C=O) groups excluding carboxylic acids is 1. The van der Waals surface area contributed by atoms with Crippen molar-refractivity contribution in [3.05, 3.63) is 54.1 Å². The minimum atomic E-state index is -1.05. The fraction of sp³-hybridized carbons (Fsp3) is 0.286. The fourth-order valence-corrected chi connectivity index (χ4v) is 3.17. The molecule has 0 aliphatic carbocycles. The second kappa shape index (κ2) is 11.2. The van der Waals surface area contributed by atoms with Gasteiger partial charge in [-0.3, -0.25) is 4.79 Å². The van der Waals surface area contributed by atoms with Crippen molar-refractivity contribution < 1.29 is 19.4 Å². The molecule has 142 valence electrons. The topological polar surface area (TPSA) is 67.8 Å². The number of aliphatic hydroxyl groups is 1. The zero-order chi connectivity index (χ0) is 19.5. The van der Waals surface area contributed by atoms with Gasteiger partial charge in [-0.2, -0.15) is 0 Å². The van der Waals surface area contributed by atoms with E-state index in [0.29, 0.717) is 30.2 Å². The van der Waals surface area contributed by atoms with Crippen molar-refractivity contribution in [3.8, 4) is 23.8 Å². The lowest BCUT2D eigenvalue weighted by Gasteiger charge is -2.13. The second-order valence-corrected chi connectivity index (χ2v) is 6.75. The van der Waals surface area contributed by atoms with Gasteiger partial charge in [-0.05, 0) is 36.2 Å². The molecule has 0 bridgehead atoms. The van der Waals surface area contributed by atoms with Gasteiger partial charge in [0.25, 0.3) is 0 Å². The number of carbonyl (C=O) groups is 1. The molecule has 0 unspecified atom stereocenters. The van der Waals surface area contributed by atoms with Crippen LogP contribution in [-0.4, -0.2) is 43.1 Å². The van der Waals surface area contributed by atoms with Crippen LogP contribution >= 0.6 is 11.8 Å². The van der Waals surface area contributed by atoms with Gasteiger partial charge in [0, 0.05) is 17.2 Å². The average Bonchev–Trinajstić information content (AvgIpc) is 2.71. The number of rotatable bonds is 10. The van der Waals surface area contributed by atoms with Crippen LogP contribution in [0, 0.1) is 12.3 Å². The van der Waals surface area contributed by atoms with Crippen LogP contribution in [0.25, 0.3) is 0 Å². The Morgan fingerprint density at radius 3 is 2.74 bits per heavy atom. The summed E-state index contributed by atoms with van der Waals surface area (Å²) >= 11 is 1.44. The molecule has 0 radical (unpaired) electrons. The molecule has 0 saturated carbocycles. The highest BCUT2D eigenvalue weighted by Crippen LogP contribution is 2.28. The van der Waals surface area contributed by atoms with E-state index in [0.717, 1.165) is 10.5 Å². The van der Waals surface area contributed by atoms with Crippen LogP contribution in [0.3, 0.4) is 0 Å². The van der Waals surface area contributed by atoms with E-state index in [1.54, 1.807) is 13.2 Å². The molecule has 0 fully saturated rings. The summed E-state index contributed by atoms with van der Waals surface area (Å²) in [5, 5.41) is 12.7. The molecule has 0 aliphatic heterocycles. The van der Waals surface area contributed by atoms with Crippen molar-refractivity contribution in [2.75, 3.05) is 26.0 Å². The van der Waals surface area contributed by atoms with E-state index >= 15 is 0 Å². The van der Waals surface area contributed by atoms with Gasteiger partial charge in [-0.15, -0.1) is 18.2 Å². The largest absolute Gasteiger partial charge is 0.493 e. The highest BCUT2D eigenvalue weighted by atomic mass is 32.2. The third-order valence-corrected chi connectivity index (χ3v) is 4.79. The maximum absolute atomic E-state index is 12.0. The predicted molar refractivity (Wildman–Crippen MR) is 107 cm³/mol. The van der Waals surface area contributed by atoms with Gasteiger partial charge in [-0.25, -0.2) is 0 Å². The van der Waals surface area contributed by atoms with Gasteiger partial charge in [0.2, 0.25) is 5.91 Å². The fourth-order valence-electron chi connectivity index (χ4n) is 2.32. The molecule has 27 heavy (non-hydrogen) atoms. The van der Waals surface area contributed by atoms with E-state index in [9.17, 15) is 9.90 Å². The van der Waals surface area contributed by atoms with E-state index < -0.39 is 6.10 Å². The van der Waals surface area contributed by atoms with Crippen LogP contribution in [0.2, 0.25) is 0 Å².